The summed E-state index contributed by atoms with van der Waals surface area (Å²) in [6, 6.07) is 4.81. The number of aromatic nitrogens is 2. The van der Waals surface area contributed by atoms with E-state index in [1.54, 1.807) is 11.0 Å². The number of hydrogen-bond donors (Lipinski definition) is 1. The number of hydrogen-bond acceptors (Lipinski definition) is 6. The molecule has 1 aliphatic rings. The van der Waals surface area contributed by atoms with Crippen molar-refractivity contribution in [1.29, 1.82) is 5.26 Å². The number of amides is 1. The van der Waals surface area contributed by atoms with Crippen LogP contribution >= 0.6 is 11.3 Å². The van der Waals surface area contributed by atoms with E-state index in [1.807, 2.05) is 11.4 Å². The highest BCUT2D eigenvalue weighted by Gasteiger charge is 2.25. The van der Waals surface area contributed by atoms with Crippen LogP contribution in [-0.4, -0.2) is 33.9 Å². The fraction of sp³-hybridized carbons (Fsp3) is 0.375. The normalized spacial score (nSPS) is 15.1. The van der Waals surface area contributed by atoms with Crippen LogP contribution in [0.25, 0.3) is 0 Å². The summed E-state index contributed by atoms with van der Waals surface area (Å²) in [5, 5.41) is 14.4. The van der Waals surface area contributed by atoms with Gasteiger partial charge in [0.25, 0.3) is 0 Å². The van der Waals surface area contributed by atoms with Crippen molar-refractivity contribution < 1.29 is 9.18 Å². The quantitative estimate of drug-likeness (QED) is 0.921. The second-order valence-corrected chi connectivity index (χ2v) is 6.41. The number of pyridine rings is 1. The zero-order chi connectivity index (χ0) is 16.9. The topological polar surface area (TPSA) is 81.9 Å². The summed E-state index contributed by atoms with van der Waals surface area (Å²) in [5.41, 5.74) is 0.997. The molecule has 3 heterocycles. The number of anilines is 2. The smallest absolute Gasteiger partial charge is 0.236 e. The third-order valence-corrected chi connectivity index (χ3v) is 4.76. The molecule has 0 aromatic carbocycles. The molecule has 1 saturated heterocycles. The largest absolute Gasteiger partial charge is 0.342 e. The third-order valence-electron chi connectivity index (χ3n) is 3.98. The number of halogens is 1. The van der Waals surface area contributed by atoms with Gasteiger partial charge in [-0.25, -0.2) is 14.4 Å². The molecule has 1 amide bonds. The molecule has 6 nitrogen and oxygen atoms in total. The molecule has 3 rings (SSSR count). The van der Waals surface area contributed by atoms with Crippen molar-refractivity contribution in [2.45, 2.75) is 25.2 Å². The maximum absolute atomic E-state index is 12.9. The molecule has 0 radical (unpaired) electrons. The van der Waals surface area contributed by atoms with Crippen LogP contribution in [0.4, 0.5) is 15.3 Å². The van der Waals surface area contributed by atoms with Gasteiger partial charge < -0.3 is 10.2 Å². The number of thiazole rings is 1. The van der Waals surface area contributed by atoms with E-state index in [2.05, 4.69) is 15.3 Å². The number of carbonyl (C=O) groups is 1. The van der Waals surface area contributed by atoms with Crippen LogP contribution in [0, 0.1) is 17.1 Å². The first-order valence-corrected chi connectivity index (χ1v) is 8.52. The first-order valence-electron chi connectivity index (χ1n) is 7.64. The van der Waals surface area contributed by atoms with Crippen LogP contribution in [0.5, 0.6) is 0 Å². The Kier molecular flexibility index (Phi) is 5.01. The third kappa shape index (κ3) is 3.86. The van der Waals surface area contributed by atoms with Crippen LogP contribution in [0.15, 0.2) is 23.7 Å². The summed E-state index contributed by atoms with van der Waals surface area (Å²) in [7, 11) is 0. The van der Waals surface area contributed by atoms with Gasteiger partial charge in [0.2, 0.25) is 5.91 Å². The number of nitrogens with one attached hydrogen (secondary N) is 1. The zero-order valence-electron chi connectivity index (χ0n) is 12.9. The SMILES string of the molecule is N#CCC(=O)N1CCC(c2csc(Nc3ccc(F)cn3)n2)CC1. The second kappa shape index (κ2) is 7.36. The highest BCUT2D eigenvalue weighted by Crippen LogP contribution is 2.31. The minimum Gasteiger partial charge on any atom is -0.342 e. The van der Waals surface area contributed by atoms with Crippen LogP contribution in [-0.2, 0) is 4.79 Å². The van der Waals surface area contributed by atoms with E-state index < -0.39 is 0 Å². The van der Waals surface area contributed by atoms with Crippen molar-refractivity contribution in [3.8, 4) is 6.07 Å². The monoisotopic (exact) mass is 345 g/mol. The first kappa shape index (κ1) is 16.3. The Balaban J connectivity index is 1.57. The lowest BCUT2D eigenvalue weighted by Crippen LogP contribution is -2.37. The summed E-state index contributed by atoms with van der Waals surface area (Å²) in [6.45, 7) is 1.32. The van der Waals surface area contributed by atoms with Gasteiger partial charge in [-0.3, -0.25) is 4.79 Å². The lowest BCUT2D eigenvalue weighted by atomic mass is 9.94. The van der Waals surface area contributed by atoms with Crippen molar-refractivity contribution in [3.63, 3.8) is 0 Å². The van der Waals surface area contributed by atoms with Crippen LogP contribution < -0.4 is 5.32 Å². The molecule has 0 bridgehead atoms. The van der Waals surface area contributed by atoms with Gasteiger partial charge in [0, 0.05) is 24.4 Å². The highest BCUT2D eigenvalue weighted by molar-refractivity contribution is 7.13. The van der Waals surface area contributed by atoms with Gasteiger partial charge in [0.15, 0.2) is 5.13 Å². The molecular weight excluding hydrogens is 329 g/mol. The maximum atomic E-state index is 12.9. The van der Waals surface area contributed by atoms with Crippen molar-refractivity contribution >= 4 is 28.2 Å². The average molecular weight is 345 g/mol. The molecule has 2 aromatic heterocycles. The molecule has 0 spiro atoms. The average Bonchev–Trinajstić information content (AvgIpc) is 3.06. The van der Waals surface area contributed by atoms with Crippen LogP contribution in [0.1, 0.15) is 30.9 Å². The number of likely N-dealkylation sites (tertiary alicyclic amines) is 1. The Labute approximate surface area is 143 Å². The van der Waals surface area contributed by atoms with Crippen molar-refractivity contribution in [3.05, 3.63) is 35.2 Å². The number of nitriles is 1. The Morgan fingerprint density at radius 2 is 2.25 bits per heavy atom. The molecule has 24 heavy (non-hydrogen) atoms. The zero-order valence-corrected chi connectivity index (χ0v) is 13.7. The Morgan fingerprint density at radius 3 is 2.92 bits per heavy atom. The molecule has 1 fully saturated rings. The predicted molar refractivity (Wildman–Crippen MR) is 88.4 cm³/mol. The highest BCUT2D eigenvalue weighted by atomic mass is 32.1. The number of carbonyl (C=O) groups excluding carboxylic acids is 1. The molecule has 0 atom stereocenters. The number of nitrogens with zero attached hydrogens (tertiary/aromatic N) is 4. The number of rotatable bonds is 4. The van der Waals surface area contributed by atoms with E-state index in [4.69, 9.17) is 5.26 Å². The summed E-state index contributed by atoms with van der Waals surface area (Å²) in [4.78, 5) is 22.0. The minimum absolute atomic E-state index is 0.0555. The molecule has 1 aliphatic heterocycles. The summed E-state index contributed by atoms with van der Waals surface area (Å²) in [5.74, 6) is 0.385. The Morgan fingerprint density at radius 1 is 1.46 bits per heavy atom. The molecule has 0 unspecified atom stereocenters. The fourth-order valence-corrected chi connectivity index (χ4v) is 3.49. The predicted octanol–water partition coefficient (Wildman–Crippen LogP) is 3.04. The minimum atomic E-state index is -0.377. The van der Waals surface area contributed by atoms with Gasteiger partial charge in [-0.1, -0.05) is 0 Å². The van der Waals surface area contributed by atoms with Crippen molar-refractivity contribution in [1.82, 2.24) is 14.9 Å². The van der Waals surface area contributed by atoms with E-state index in [0.29, 0.717) is 30.0 Å². The Bertz CT molecular complexity index is 747. The lowest BCUT2D eigenvalue weighted by molar-refractivity contribution is -0.131. The fourth-order valence-electron chi connectivity index (χ4n) is 2.69. The van der Waals surface area contributed by atoms with Crippen LogP contribution in [0.2, 0.25) is 0 Å². The van der Waals surface area contributed by atoms with Gasteiger partial charge in [-0.2, -0.15) is 5.26 Å². The van der Waals surface area contributed by atoms with Gasteiger partial charge in [-0.05, 0) is 25.0 Å². The second-order valence-electron chi connectivity index (χ2n) is 5.55. The Hall–Kier alpha value is -2.53. The van der Waals surface area contributed by atoms with E-state index in [9.17, 15) is 9.18 Å². The molecule has 124 valence electrons. The standard InChI is InChI=1S/C16H16FN5OS/c17-12-1-2-14(19-9-12)21-16-20-13(10-24-16)11-4-7-22(8-5-11)15(23)3-6-18/h1-2,9-11H,3-5,7-8H2,(H,19,20,21). The molecular formula is C16H16FN5OS. The van der Waals surface area contributed by atoms with Gasteiger partial charge >= 0.3 is 0 Å². The summed E-state index contributed by atoms with van der Waals surface area (Å²) >= 11 is 1.48. The summed E-state index contributed by atoms with van der Waals surface area (Å²) in [6.07, 6.45) is 2.79. The number of piperidine rings is 1. The van der Waals surface area contributed by atoms with E-state index in [-0.39, 0.29) is 18.1 Å². The molecule has 0 saturated carbocycles. The van der Waals surface area contributed by atoms with E-state index >= 15 is 0 Å². The molecule has 2 aromatic rings. The van der Waals surface area contributed by atoms with Crippen molar-refractivity contribution in [2.24, 2.45) is 0 Å². The maximum Gasteiger partial charge on any atom is 0.236 e. The first-order chi connectivity index (χ1) is 11.7. The molecule has 8 heteroatoms. The van der Waals surface area contributed by atoms with E-state index in [0.717, 1.165) is 24.7 Å². The van der Waals surface area contributed by atoms with E-state index in [1.165, 1.54) is 17.4 Å². The van der Waals surface area contributed by atoms with Crippen LogP contribution in [0.3, 0.4) is 0 Å². The lowest BCUT2D eigenvalue weighted by Gasteiger charge is -2.30. The molecule has 1 N–H and O–H groups in total. The van der Waals surface area contributed by atoms with Gasteiger partial charge in [0.05, 0.1) is 18.0 Å². The summed E-state index contributed by atoms with van der Waals surface area (Å²) < 4.78 is 12.9. The van der Waals surface area contributed by atoms with Crippen molar-refractivity contribution in [2.75, 3.05) is 18.4 Å². The van der Waals surface area contributed by atoms with Gasteiger partial charge in [-0.15, -0.1) is 11.3 Å². The van der Waals surface area contributed by atoms with Gasteiger partial charge in [0.1, 0.15) is 18.1 Å². The molecule has 0 aliphatic carbocycles.